The second kappa shape index (κ2) is 7.30. The predicted molar refractivity (Wildman–Crippen MR) is 100 cm³/mol. The van der Waals surface area contributed by atoms with Crippen LogP contribution in [0.1, 0.15) is 44.4 Å². The first kappa shape index (κ1) is 18.1. The van der Waals surface area contributed by atoms with Gasteiger partial charge in [-0.2, -0.15) is 0 Å². The molecule has 0 fully saturated rings. The zero-order valence-corrected chi connectivity index (χ0v) is 15.4. The van der Waals surface area contributed by atoms with E-state index < -0.39 is 11.6 Å². The van der Waals surface area contributed by atoms with Crippen LogP contribution in [0.2, 0.25) is 0 Å². The van der Waals surface area contributed by atoms with Crippen molar-refractivity contribution in [2.75, 3.05) is 5.32 Å². The zero-order chi connectivity index (χ0) is 18.7. The Balaban J connectivity index is 1.98. The summed E-state index contributed by atoms with van der Waals surface area (Å²) in [6, 6.07) is 16.9. The quantitative estimate of drug-likeness (QED) is 0.887. The number of nitrogens with zero attached hydrogens (tertiary/aromatic N) is 1. The molecular weight excluding hydrogens is 328 g/mol. The van der Waals surface area contributed by atoms with Gasteiger partial charge < -0.3 is 5.32 Å². The predicted octanol–water partition coefficient (Wildman–Crippen LogP) is 3.87. The van der Waals surface area contributed by atoms with Crippen molar-refractivity contribution in [3.8, 4) is 0 Å². The fourth-order valence-corrected chi connectivity index (χ4v) is 3.17. The molecule has 2 aromatic carbocycles. The topological polar surface area (TPSA) is 58.6 Å². The SMILES string of the molecule is CC(=O)CC1c2ccccc2NC(C)(C)C(=O)N1OCc1ccccc1. The Bertz CT molecular complexity index is 802. The van der Waals surface area contributed by atoms with Gasteiger partial charge in [0.2, 0.25) is 0 Å². The van der Waals surface area contributed by atoms with Crippen molar-refractivity contribution in [2.45, 2.75) is 45.4 Å². The molecule has 26 heavy (non-hydrogen) atoms. The Labute approximate surface area is 153 Å². The Morgan fingerprint density at radius 2 is 1.77 bits per heavy atom. The summed E-state index contributed by atoms with van der Waals surface area (Å²) < 4.78 is 0. The molecule has 5 nitrogen and oxygen atoms in total. The number of carbonyl (C=O) groups excluding carboxylic acids is 2. The molecule has 0 saturated heterocycles. The van der Waals surface area contributed by atoms with Crippen LogP contribution in [0.25, 0.3) is 0 Å². The molecule has 0 radical (unpaired) electrons. The fourth-order valence-electron chi connectivity index (χ4n) is 3.17. The lowest BCUT2D eigenvalue weighted by Gasteiger charge is -2.32. The summed E-state index contributed by atoms with van der Waals surface area (Å²) in [7, 11) is 0. The summed E-state index contributed by atoms with van der Waals surface area (Å²) in [5.41, 5.74) is 1.85. The molecule has 0 spiro atoms. The Hall–Kier alpha value is -2.66. The van der Waals surface area contributed by atoms with Gasteiger partial charge in [-0.1, -0.05) is 48.5 Å². The van der Waals surface area contributed by atoms with Gasteiger partial charge in [-0.05, 0) is 32.4 Å². The van der Waals surface area contributed by atoms with E-state index in [0.717, 1.165) is 16.8 Å². The molecule has 1 atom stereocenters. The molecule has 0 aromatic heterocycles. The van der Waals surface area contributed by atoms with Crippen molar-refractivity contribution in [2.24, 2.45) is 0 Å². The van der Waals surface area contributed by atoms with E-state index in [2.05, 4.69) is 5.32 Å². The van der Waals surface area contributed by atoms with Crippen LogP contribution in [0, 0.1) is 0 Å². The monoisotopic (exact) mass is 352 g/mol. The Morgan fingerprint density at radius 1 is 1.12 bits per heavy atom. The van der Waals surface area contributed by atoms with Crippen LogP contribution in [0.4, 0.5) is 5.69 Å². The van der Waals surface area contributed by atoms with Crippen molar-refractivity contribution in [3.63, 3.8) is 0 Å². The highest BCUT2D eigenvalue weighted by Gasteiger charge is 2.41. The third-order valence-corrected chi connectivity index (χ3v) is 4.48. The summed E-state index contributed by atoms with van der Waals surface area (Å²) in [5.74, 6) is -0.193. The largest absolute Gasteiger partial charge is 0.371 e. The first-order valence-corrected chi connectivity index (χ1v) is 8.75. The lowest BCUT2D eigenvalue weighted by Crippen LogP contribution is -2.49. The van der Waals surface area contributed by atoms with Crippen molar-refractivity contribution in [1.82, 2.24) is 5.06 Å². The van der Waals surface area contributed by atoms with E-state index >= 15 is 0 Å². The average Bonchev–Trinajstić information content (AvgIpc) is 2.68. The van der Waals surface area contributed by atoms with Gasteiger partial charge >= 0.3 is 0 Å². The van der Waals surface area contributed by atoms with Gasteiger partial charge in [0.05, 0.1) is 6.04 Å². The molecule has 1 heterocycles. The smallest absolute Gasteiger partial charge is 0.271 e. The highest BCUT2D eigenvalue weighted by atomic mass is 16.7. The van der Waals surface area contributed by atoms with Gasteiger partial charge in [0.15, 0.2) is 0 Å². The van der Waals surface area contributed by atoms with E-state index in [1.165, 1.54) is 12.0 Å². The first-order valence-electron chi connectivity index (χ1n) is 8.75. The minimum Gasteiger partial charge on any atom is -0.371 e. The first-order chi connectivity index (χ1) is 12.4. The second-order valence-electron chi connectivity index (χ2n) is 7.15. The number of anilines is 1. The van der Waals surface area contributed by atoms with Crippen LogP contribution >= 0.6 is 0 Å². The van der Waals surface area contributed by atoms with Gasteiger partial charge in [-0.25, -0.2) is 5.06 Å². The second-order valence-corrected chi connectivity index (χ2v) is 7.15. The summed E-state index contributed by atoms with van der Waals surface area (Å²) in [6.07, 6.45) is 0.204. The van der Waals surface area contributed by atoms with Crippen molar-refractivity contribution < 1.29 is 14.4 Å². The summed E-state index contributed by atoms with van der Waals surface area (Å²) in [5, 5.41) is 4.68. The van der Waals surface area contributed by atoms with Gasteiger partial charge in [0.25, 0.3) is 5.91 Å². The number of hydroxylamine groups is 2. The number of hydrogen-bond donors (Lipinski definition) is 1. The van der Waals surface area contributed by atoms with Gasteiger partial charge in [-0.3, -0.25) is 14.4 Å². The van der Waals surface area contributed by atoms with E-state index in [-0.39, 0.29) is 24.7 Å². The van der Waals surface area contributed by atoms with Gasteiger partial charge in [-0.15, -0.1) is 0 Å². The van der Waals surface area contributed by atoms with E-state index in [1.54, 1.807) is 0 Å². The molecule has 1 N–H and O–H groups in total. The van der Waals surface area contributed by atoms with Gasteiger partial charge in [0.1, 0.15) is 17.9 Å². The molecule has 3 rings (SSSR count). The van der Waals surface area contributed by atoms with Crippen LogP contribution in [0.3, 0.4) is 0 Å². The van der Waals surface area contributed by atoms with E-state index in [9.17, 15) is 9.59 Å². The number of benzene rings is 2. The fraction of sp³-hybridized carbons (Fsp3) is 0.333. The molecule has 1 aliphatic heterocycles. The molecule has 5 heteroatoms. The van der Waals surface area contributed by atoms with Crippen LogP contribution in [0.5, 0.6) is 0 Å². The van der Waals surface area contributed by atoms with Crippen LogP contribution < -0.4 is 5.32 Å². The number of Topliss-reactive ketones (excluding diaryl/α,β-unsaturated/α-hetero) is 1. The minimum atomic E-state index is -0.849. The van der Waals surface area contributed by atoms with E-state index in [4.69, 9.17) is 4.84 Å². The third-order valence-electron chi connectivity index (χ3n) is 4.48. The number of para-hydroxylation sites is 1. The van der Waals surface area contributed by atoms with Crippen molar-refractivity contribution in [1.29, 1.82) is 0 Å². The summed E-state index contributed by atoms with van der Waals surface area (Å²) in [6.45, 7) is 5.44. The maximum atomic E-state index is 13.2. The average molecular weight is 352 g/mol. The highest BCUT2D eigenvalue weighted by Crippen LogP contribution is 2.37. The molecule has 1 amide bonds. The maximum absolute atomic E-state index is 13.2. The van der Waals surface area contributed by atoms with Crippen LogP contribution in [0.15, 0.2) is 54.6 Å². The zero-order valence-electron chi connectivity index (χ0n) is 15.4. The van der Waals surface area contributed by atoms with E-state index in [0.29, 0.717) is 0 Å². The molecule has 1 aliphatic rings. The molecule has 0 bridgehead atoms. The number of amides is 1. The van der Waals surface area contributed by atoms with Crippen molar-refractivity contribution in [3.05, 3.63) is 65.7 Å². The lowest BCUT2D eigenvalue weighted by molar-refractivity contribution is -0.210. The highest BCUT2D eigenvalue weighted by molar-refractivity contribution is 5.90. The van der Waals surface area contributed by atoms with Crippen LogP contribution in [-0.4, -0.2) is 22.3 Å². The molecule has 0 saturated carbocycles. The minimum absolute atomic E-state index is 0.00520. The Kier molecular flexibility index (Phi) is 5.09. The molecule has 1 unspecified atom stereocenters. The molecule has 0 aliphatic carbocycles. The number of ketones is 1. The number of fused-ring (bicyclic) bond motifs is 1. The number of carbonyl (C=O) groups is 2. The molecular formula is C21H24N2O3. The van der Waals surface area contributed by atoms with Crippen molar-refractivity contribution >= 4 is 17.4 Å². The van der Waals surface area contributed by atoms with Gasteiger partial charge in [0, 0.05) is 17.7 Å². The van der Waals surface area contributed by atoms with Crippen LogP contribution in [-0.2, 0) is 21.0 Å². The molecule has 136 valence electrons. The number of hydrogen-bond acceptors (Lipinski definition) is 4. The standard InChI is InChI=1S/C21H24N2O3/c1-15(24)13-19-17-11-7-8-12-18(17)22-21(2,3)20(25)23(19)26-14-16-9-5-4-6-10-16/h4-12,19,22H,13-14H2,1-3H3. The third kappa shape index (κ3) is 3.78. The summed E-state index contributed by atoms with van der Waals surface area (Å²) >= 11 is 0. The number of nitrogens with one attached hydrogen (secondary N) is 1. The van der Waals surface area contributed by atoms with E-state index in [1.807, 2.05) is 68.4 Å². The Morgan fingerprint density at radius 3 is 2.46 bits per heavy atom. The molecule has 2 aromatic rings. The normalized spacial score (nSPS) is 18.7. The lowest BCUT2D eigenvalue weighted by atomic mass is 10.00. The summed E-state index contributed by atoms with van der Waals surface area (Å²) in [4.78, 5) is 31.0. The number of rotatable bonds is 5. The maximum Gasteiger partial charge on any atom is 0.271 e.